The normalized spacial score (nSPS) is 20.8. The van der Waals surface area contributed by atoms with E-state index in [1.807, 2.05) is 0 Å². The number of hydrogen-bond donors (Lipinski definition) is 1. The summed E-state index contributed by atoms with van der Waals surface area (Å²) in [5.74, 6) is 0.356. The lowest BCUT2D eigenvalue weighted by atomic mass is 10.1. The number of nitro groups is 1. The molecule has 2 unspecified atom stereocenters. The Morgan fingerprint density at radius 3 is 2.58 bits per heavy atom. The van der Waals surface area contributed by atoms with Crippen LogP contribution in [0.5, 0.6) is 0 Å². The molecule has 0 heterocycles. The summed E-state index contributed by atoms with van der Waals surface area (Å²) in [6.07, 6.45) is 1.00. The van der Waals surface area contributed by atoms with Gasteiger partial charge < -0.3 is 10.2 Å². The minimum atomic E-state index is -0.431. The largest absolute Gasteiger partial charge is 0.376 e. The van der Waals surface area contributed by atoms with Crippen LogP contribution in [0.15, 0.2) is 18.2 Å². The summed E-state index contributed by atoms with van der Waals surface area (Å²) >= 11 is 0. The van der Waals surface area contributed by atoms with Gasteiger partial charge in [0, 0.05) is 31.8 Å². The van der Waals surface area contributed by atoms with Crippen molar-refractivity contribution in [2.75, 3.05) is 19.4 Å². The van der Waals surface area contributed by atoms with Gasteiger partial charge in [-0.1, -0.05) is 6.92 Å². The van der Waals surface area contributed by atoms with Crippen molar-refractivity contribution in [1.82, 2.24) is 4.90 Å². The molecule has 19 heavy (non-hydrogen) atoms. The zero-order valence-electron chi connectivity index (χ0n) is 11.2. The van der Waals surface area contributed by atoms with Gasteiger partial charge in [0.1, 0.15) is 5.69 Å². The Morgan fingerprint density at radius 2 is 2.11 bits per heavy atom. The molecule has 0 aliphatic heterocycles. The molecule has 1 aromatic rings. The highest BCUT2D eigenvalue weighted by Gasteiger charge is 2.34. The fraction of sp³-hybridized carbons (Fsp3) is 0.462. The number of nitro benzene ring substituents is 1. The molecule has 2 rings (SSSR count). The Morgan fingerprint density at radius 1 is 1.47 bits per heavy atom. The fourth-order valence-corrected chi connectivity index (χ4v) is 1.92. The van der Waals surface area contributed by atoms with Gasteiger partial charge in [-0.15, -0.1) is 0 Å². The van der Waals surface area contributed by atoms with Gasteiger partial charge in [-0.2, -0.15) is 0 Å². The fourth-order valence-electron chi connectivity index (χ4n) is 1.92. The molecule has 0 spiro atoms. The summed E-state index contributed by atoms with van der Waals surface area (Å²) in [6.45, 7) is 2.08. The minimum Gasteiger partial charge on any atom is -0.376 e. The van der Waals surface area contributed by atoms with Crippen molar-refractivity contribution in [2.45, 2.75) is 19.4 Å². The Balaban J connectivity index is 2.32. The molecule has 1 aliphatic rings. The third-order valence-electron chi connectivity index (χ3n) is 3.30. The average molecular weight is 263 g/mol. The first-order chi connectivity index (χ1) is 8.90. The van der Waals surface area contributed by atoms with Crippen molar-refractivity contribution >= 4 is 17.3 Å². The van der Waals surface area contributed by atoms with Crippen LogP contribution in [0, 0.1) is 16.0 Å². The van der Waals surface area contributed by atoms with E-state index in [0.29, 0.717) is 17.2 Å². The summed E-state index contributed by atoms with van der Waals surface area (Å²) in [5.41, 5.74) is 0.882. The summed E-state index contributed by atoms with van der Waals surface area (Å²) in [7, 11) is 3.31. The predicted molar refractivity (Wildman–Crippen MR) is 72.3 cm³/mol. The van der Waals surface area contributed by atoms with Gasteiger partial charge in [0.15, 0.2) is 0 Å². The molecule has 1 aromatic carbocycles. The van der Waals surface area contributed by atoms with Crippen LogP contribution < -0.4 is 5.32 Å². The van der Waals surface area contributed by atoms with Crippen molar-refractivity contribution in [3.8, 4) is 0 Å². The highest BCUT2D eigenvalue weighted by atomic mass is 16.6. The van der Waals surface area contributed by atoms with Gasteiger partial charge in [0.2, 0.25) is 0 Å². The lowest BCUT2D eigenvalue weighted by molar-refractivity contribution is -0.384. The standard InChI is InChI=1S/C13H17N3O3/c1-8-6-10(8)14-11-7-9(13(17)15(2)3)4-5-12(11)16(18)19/h4-5,7-8,10,14H,6H2,1-3H3. The van der Waals surface area contributed by atoms with Gasteiger partial charge in [-0.3, -0.25) is 14.9 Å². The zero-order valence-corrected chi connectivity index (χ0v) is 11.2. The van der Waals surface area contributed by atoms with E-state index in [1.165, 1.54) is 17.0 Å². The second-order valence-corrected chi connectivity index (χ2v) is 5.15. The summed E-state index contributed by atoms with van der Waals surface area (Å²) in [4.78, 5) is 23.9. The quantitative estimate of drug-likeness (QED) is 0.667. The van der Waals surface area contributed by atoms with E-state index in [9.17, 15) is 14.9 Å². The molecule has 6 heteroatoms. The van der Waals surface area contributed by atoms with Crippen molar-refractivity contribution in [3.63, 3.8) is 0 Å². The smallest absolute Gasteiger partial charge is 0.292 e. The van der Waals surface area contributed by atoms with Gasteiger partial charge in [0.05, 0.1) is 4.92 Å². The molecule has 0 saturated heterocycles. The first kappa shape index (κ1) is 13.3. The molecular weight excluding hydrogens is 246 g/mol. The number of hydrogen-bond acceptors (Lipinski definition) is 4. The highest BCUT2D eigenvalue weighted by molar-refractivity contribution is 5.95. The molecule has 6 nitrogen and oxygen atoms in total. The topological polar surface area (TPSA) is 75.5 Å². The van der Waals surface area contributed by atoms with Crippen LogP contribution in [-0.4, -0.2) is 35.9 Å². The second-order valence-electron chi connectivity index (χ2n) is 5.15. The van der Waals surface area contributed by atoms with Crippen LogP contribution in [0.2, 0.25) is 0 Å². The van der Waals surface area contributed by atoms with Crippen LogP contribution >= 0.6 is 0 Å². The Kier molecular flexibility index (Phi) is 3.42. The minimum absolute atomic E-state index is 0.00871. The Labute approximate surface area is 111 Å². The number of carbonyl (C=O) groups excluding carboxylic acids is 1. The van der Waals surface area contributed by atoms with E-state index in [-0.39, 0.29) is 17.6 Å². The van der Waals surface area contributed by atoms with E-state index < -0.39 is 4.92 Å². The molecule has 1 amide bonds. The molecule has 0 bridgehead atoms. The number of rotatable bonds is 4. The maximum atomic E-state index is 11.9. The van der Waals surface area contributed by atoms with Crippen LogP contribution in [0.3, 0.4) is 0 Å². The van der Waals surface area contributed by atoms with Gasteiger partial charge in [0.25, 0.3) is 11.6 Å². The van der Waals surface area contributed by atoms with E-state index in [0.717, 1.165) is 6.42 Å². The molecular formula is C13H17N3O3. The van der Waals surface area contributed by atoms with Crippen LogP contribution in [0.25, 0.3) is 0 Å². The number of nitrogens with one attached hydrogen (secondary N) is 1. The number of nitrogens with zero attached hydrogens (tertiary/aromatic N) is 2. The number of carbonyl (C=O) groups is 1. The lowest BCUT2D eigenvalue weighted by Gasteiger charge is -2.12. The molecule has 1 N–H and O–H groups in total. The van der Waals surface area contributed by atoms with E-state index in [1.54, 1.807) is 20.2 Å². The van der Waals surface area contributed by atoms with Crippen molar-refractivity contribution in [3.05, 3.63) is 33.9 Å². The maximum absolute atomic E-state index is 11.9. The SMILES string of the molecule is CC1CC1Nc1cc(C(=O)N(C)C)ccc1[N+](=O)[O-]. The van der Waals surface area contributed by atoms with Gasteiger partial charge >= 0.3 is 0 Å². The van der Waals surface area contributed by atoms with Crippen LogP contribution in [0.4, 0.5) is 11.4 Å². The summed E-state index contributed by atoms with van der Waals surface area (Å²) in [6, 6.07) is 4.70. The van der Waals surface area contributed by atoms with E-state index in [2.05, 4.69) is 12.2 Å². The number of amides is 1. The summed E-state index contributed by atoms with van der Waals surface area (Å²) in [5, 5.41) is 14.1. The number of anilines is 1. The van der Waals surface area contributed by atoms with Crippen molar-refractivity contribution < 1.29 is 9.72 Å². The predicted octanol–water partition coefficient (Wildman–Crippen LogP) is 2.12. The first-order valence-corrected chi connectivity index (χ1v) is 6.16. The molecule has 2 atom stereocenters. The first-order valence-electron chi connectivity index (χ1n) is 6.16. The lowest BCUT2D eigenvalue weighted by Crippen LogP contribution is -2.22. The maximum Gasteiger partial charge on any atom is 0.292 e. The zero-order chi connectivity index (χ0) is 14.2. The third-order valence-corrected chi connectivity index (χ3v) is 3.30. The summed E-state index contributed by atoms with van der Waals surface area (Å²) < 4.78 is 0. The van der Waals surface area contributed by atoms with E-state index in [4.69, 9.17) is 0 Å². The van der Waals surface area contributed by atoms with Crippen LogP contribution in [-0.2, 0) is 0 Å². The molecule has 0 radical (unpaired) electrons. The van der Waals surface area contributed by atoms with Crippen molar-refractivity contribution in [1.29, 1.82) is 0 Å². The molecule has 102 valence electrons. The number of benzene rings is 1. The van der Waals surface area contributed by atoms with E-state index >= 15 is 0 Å². The van der Waals surface area contributed by atoms with Crippen molar-refractivity contribution in [2.24, 2.45) is 5.92 Å². The Bertz CT molecular complexity index is 528. The van der Waals surface area contributed by atoms with Gasteiger partial charge in [-0.05, 0) is 24.5 Å². The molecule has 0 aromatic heterocycles. The monoisotopic (exact) mass is 263 g/mol. The van der Waals surface area contributed by atoms with Crippen LogP contribution in [0.1, 0.15) is 23.7 Å². The molecule has 1 saturated carbocycles. The Hall–Kier alpha value is -2.11. The second kappa shape index (κ2) is 4.87. The third kappa shape index (κ3) is 2.83. The molecule has 1 fully saturated rings. The van der Waals surface area contributed by atoms with Gasteiger partial charge in [-0.25, -0.2) is 0 Å². The average Bonchev–Trinajstić information content (AvgIpc) is 3.03. The molecule has 1 aliphatic carbocycles. The highest BCUT2D eigenvalue weighted by Crippen LogP contribution is 2.36.